The number of carbonyl (C=O) groups excluding carboxylic acids is 1. The van der Waals surface area contributed by atoms with E-state index in [9.17, 15) is 4.79 Å². The van der Waals surface area contributed by atoms with Gasteiger partial charge in [-0.3, -0.25) is 4.90 Å². The van der Waals surface area contributed by atoms with Crippen LogP contribution in [-0.4, -0.2) is 65.5 Å². The molecule has 7 aliphatic rings. The Hall–Kier alpha value is -8.97. The fourth-order valence-corrected chi connectivity index (χ4v) is 29.5. The molecule has 0 saturated carbocycles. The normalized spacial score (nSPS) is 22.1. The lowest BCUT2D eigenvalue weighted by Gasteiger charge is -2.64. The van der Waals surface area contributed by atoms with E-state index in [1.165, 1.54) is 0 Å². The first-order chi connectivity index (χ1) is 42.2. The minimum absolute atomic E-state index is 0.184. The van der Waals surface area contributed by atoms with E-state index in [2.05, 4.69) is 38.3 Å². The monoisotopic (exact) mass is 1080 g/mol. The molecule has 6 nitrogen and oxygen atoms in total. The zero-order valence-corrected chi connectivity index (χ0v) is 46.2. The van der Waals surface area contributed by atoms with Crippen molar-refractivity contribution >= 4 is 297 Å². The number of hydroxylamine groups is 2. The lowest BCUT2D eigenvalue weighted by molar-refractivity contribution is -0.306. The van der Waals surface area contributed by atoms with E-state index in [-0.39, 0.29) is 12.6 Å². The minimum Gasteiger partial charge on any atom is -0.459 e. The van der Waals surface area contributed by atoms with E-state index in [4.69, 9.17) is 9.47 Å². The molecule has 383 valence electrons. The van der Waals surface area contributed by atoms with Crippen LogP contribution in [0.2, 0.25) is 0 Å². The molecule has 5 aliphatic carbocycles. The molecule has 2 fully saturated rings. The maximum absolute atomic E-state index is 15.7. The van der Waals surface area contributed by atoms with Gasteiger partial charge in [-0.1, -0.05) is 6.08 Å². The molecule has 0 atom stereocenters. The van der Waals surface area contributed by atoms with Gasteiger partial charge in [-0.15, -0.1) is 16.0 Å². The molecule has 28 aromatic rings. The maximum atomic E-state index is 15.7. The highest BCUT2D eigenvalue weighted by Crippen LogP contribution is 2.88. The molecule has 0 unspecified atom stereocenters. The van der Waals surface area contributed by atoms with Crippen LogP contribution in [0.25, 0.3) is 291 Å². The number of hydrogen-bond donors (Lipinski definition) is 0. The summed E-state index contributed by atoms with van der Waals surface area (Å²) in [6.45, 7) is 11.8. The highest BCUT2D eigenvalue weighted by molar-refractivity contribution is 6.82. The fourth-order valence-electron chi connectivity index (χ4n) is 29.5. The smallest absolute Gasteiger partial charge is 0.346 e. The number of hydrogen-bond acceptors (Lipinski definition) is 5. The number of benzene rings is 18. The van der Waals surface area contributed by atoms with Gasteiger partial charge in [0.15, 0.2) is 0 Å². The van der Waals surface area contributed by atoms with Crippen molar-refractivity contribution in [3.8, 4) is 0 Å². The van der Waals surface area contributed by atoms with Crippen molar-refractivity contribution in [3.63, 3.8) is 0 Å². The Labute approximate surface area is 476 Å². The van der Waals surface area contributed by atoms with Crippen LogP contribution in [0.3, 0.4) is 0 Å². The summed E-state index contributed by atoms with van der Waals surface area (Å²) in [7, 11) is 0. The van der Waals surface area contributed by atoms with Crippen molar-refractivity contribution in [2.45, 2.75) is 68.0 Å². The van der Waals surface area contributed by atoms with Gasteiger partial charge in [0.05, 0.1) is 24.0 Å². The van der Waals surface area contributed by atoms with Crippen LogP contribution in [0.4, 0.5) is 0 Å². The van der Waals surface area contributed by atoms with Crippen molar-refractivity contribution < 1.29 is 19.5 Å². The zero-order chi connectivity index (χ0) is 53.5. The van der Waals surface area contributed by atoms with Gasteiger partial charge >= 0.3 is 5.97 Å². The fraction of sp³-hybridized carbons (Fsp3) is 0.200. The minimum atomic E-state index is -0.706. The van der Waals surface area contributed by atoms with Gasteiger partial charge in [-0.25, -0.2) is 4.79 Å². The number of piperidine rings is 1. The second kappa shape index (κ2) is 8.84. The number of esters is 1. The Morgan fingerprint density at radius 3 is 0.953 bits per heavy atom. The molecule has 6 heteroatoms. The molecule has 0 aromatic heterocycles. The quantitative estimate of drug-likeness (QED) is 0.0689. The molecule has 2 saturated heterocycles. The van der Waals surface area contributed by atoms with Crippen LogP contribution in [-0.2, 0) is 30.3 Å². The first-order valence-corrected chi connectivity index (χ1v) is 32.0. The molecule has 0 N–H and O–H groups in total. The summed E-state index contributed by atoms with van der Waals surface area (Å²) in [5.74, 6) is -0.355. The van der Waals surface area contributed by atoms with Gasteiger partial charge in [0.1, 0.15) is 12.2 Å². The Balaban J connectivity index is 0.901. The van der Waals surface area contributed by atoms with E-state index in [0.717, 1.165) is 19.4 Å². The Morgan fingerprint density at radius 1 is 0.395 bits per heavy atom. The molecule has 2 aliphatic heterocycles. The van der Waals surface area contributed by atoms with Crippen molar-refractivity contribution in [2.24, 2.45) is 0 Å². The predicted octanol–water partition coefficient (Wildman–Crippen LogP) is 18.6. The van der Waals surface area contributed by atoms with Crippen molar-refractivity contribution in [1.29, 1.82) is 0 Å². The van der Waals surface area contributed by atoms with E-state index in [1.807, 2.05) is 6.08 Å². The van der Waals surface area contributed by atoms with Crippen LogP contribution >= 0.6 is 0 Å². The van der Waals surface area contributed by atoms with Crippen molar-refractivity contribution in [2.75, 3.05) is 32.9 Å². The topological polar surface area (TPSA) is 61.9 Å². The number of likely N-dealkylation sites (tertiary alicyclic amines) is 1. The third-order valence-electron chi connectivity index (χ3n) is 29.6. The standard InChI is InChI=1S/C80H29N2O4/c1-76(2)13-78(14-77(3,4)82(76)84)80-73-67-61-51-39-31-23-19-17-18-21-25(23)33(39)43-37-29(21)30-22(18)26-24-20(17)28-27(19)35-41(31)49-55-45(35)46-36(28)42-32(24)40-34(26)44-38(30)48-47(37)59(53(43)61)69(73)70-60(48)54(44)62-52(40)58-50(42)56(46)64-63(55)71(65(67)57(49)51)79(80,72(64)66(58)68(62)74(70)80)15-81(78)9-10-85-11-12-86-75(83)16-7-5-6-8-16/h5-7H,9-15H2,1-4H3. The number of carbonyl (C=O) groups is 1. The summed E-state index contributed by atoms with van der Waals surface area (Å²) >= 11 is 0. The first-order valence-electron chi connectivity index (χ1n) is 32.0. The largest absolute Gasteiger partial charge is 0.459 e. The van der Waals surface area contributed by atoms with Crippen LogP contribution in [0.5, 0.6) is 0 Å². The van der Waals surface area contributed by atoms with Crippen LogP contribution < -0.4 is 0 Å². The first kappa shape index (κ1) is 36.8. The molecular formula is C80H29N2O4. The Kier molecular flexibility index (Phi) is 3.78. The number of rotatable bonds is 7. The summed E-state index contributed by atoms with van der Waals surface area (Å²) in [5.41, 5.74) is 7.16. The molecular weight excluding hydrogens is 1050 g/mol. The van der Waals surface area contributed by atoms with Crippen molar-refractivity contribution in [1.82, 2.24) is 9.96 Å². The summed E-state index contributed by atoms with van der Waals surface area (Å²) in [5, 5.41) is 104. The van der Waals surface area contributed by atoms with E-state index >= 15 is 5.21 Å². The zero-order valence-electron chi connectivity index (χ0n) is 46.2. The van der Waals surface area contributed by atoms with Gasteiger partial charge in [0, 0.05) is 29.7 Å². The van der Waals surface area contributed by atoms with E-state index in [1.54, 1.807) is 330 Å². The molecule has 0 bridgehead atoms. The van der Waals surface area contributed by atoms with Crippen molar-refractivity contribution in [3.05, 3.63) is 51.8 Å². The molecule has 1 radical (unpaired) electrons. The average Bonchev–Trinajstić information content (AvgIpc) is 1.38. The van der Waals surface area contributed by atoms with E-state index < -0.39 is 27.4 Å². The lowest BCUT2D eigenvalue weighted by Crippen LogP contribution is -2.73. The molecule has 28 aromatic carbocycles. The summed E-state index contributed by atoms with van der Waals surface area (Å²) in [6, 6.07) is 0. The van der Waals surface area contributed by atoms with Crippen LogP contribution in [0.15, 0.2) is 29.5 Å². The predicted molar refractivity (Wildman–Crippen MR) is 351 cm³/mol. The second-order valence-corrected chi connectivity index (χ2v) is 32.0. The van der Waals surface area contributed by atoms with Crippen LogP contribution in [0, 0.1) is 0 Å². The third-order valence-corrected chi connectivity index (χ3v) is 29.6. The number of allylic oxidation sites excluding steroid dienone is 1. The van der Waals surface area contributed by atoms with E-state index in [0.29, 0.717) is 25.3 Å². The maximum Gasteiger partial charge on any atom is 0.346 e. The number of nitrogens with zero attached hydrogens (tertiary/aromatic N) is 2. The highest BCUT2D eigenvalue weighted by atomic mass is 16.6. The second-order valence-electron chi connectivity index (χ2n) is 32.0. The van der Waals surface area contributed by atoms with Gasteiger partial charge in [-0.05, 0) is 366 Å². The molecule has 0 amide bonds. The average molecular weight is 1080 g/mol. The number of ether oxygens (including phenoxy) is 2. The lowest BCUT2D eigenvalue weighted by atomic mass is 9.42. The Morgan fingerprint density at radius 2 is 0.674 bits per heavy atom. The summed E-state index contributed by atoms with van der Waals surface area (Å²) in [4.78, 5) is 16.2. The summed E-state index contributed by atoms with van der Waals surface area (Å²) in [6.07, 6.45) is 6.83. The molecule has 86 heavy (non-hydrogen) atoms. The molecule has 35 rings (SSSR count). The third kappa shape index (κ3) is 2.24. The SMILES string of the molecule is CC1(C)CC2(CC(C)(C)N1[O])N(CCOCCOC(=O)C1=C=CC=C1)CC13c4c5c6c7c8c9c(c%10c%11c1c1c4c4c%12c5c5c6c6c8c8c%13c9c9c%10c%10c%11c%11c1c1c4c4c%12c%12c5c5c6c8c6c8c%13c9c9c%10c%10c%11c1c1c4c4c%12c5c6c5c8c9c%10c1c45)C732. The van der Waals surface area contributed by atoms with Crippen LogP contribution in [0.1, 0.15) is 62.8 Å². The Bertz CT molecular complexity index is 7820. The van der Waals surface area contributed by atoms with Gasteiger partial charge in [-0.2, -0.15) is 0 Å². The van der Waals surface area contributed by atoms with Gasteiger partial charge in [0.25, 0.3) is 0 Å². The summed E-state index contributed by atoms with van der Waals surface area (Å²) < 4.78 is 12.7. The molecule has 2 heterocycles. The highest BCUT2D eigenvalue weighted by Gasteiger charge is 2.82. The molecule has 3 spiro atoms. The van der Waals surface area contributed by atoms with Gasteiger partial charge in [0.2, 0.25) is 0 Å². The van der Waals surface area contributed by atoms with Gasteiger partial charge < -0.3 is 9.47 Å².